The number of benzene rings is 1. The molecule has 5 heteroatoms. The molecule has 0 saturated heterocycles. The van der Waals surface area contributed by atoms with E-state index in [1.807, 2.05) is 0 Å². The van der Waals surface area contributed by atoms with Crippen LogP contribution in [0.3, 0.4) is 0 Å². The first-order valence-electron chi connectivity index (χ1n) is 4.29. The molecule has 0 aliphatic heterocycles. The predicted octanol–water partition coefficient (Wildman–Crippen LogP) is 0.777. The zero-order valence-electron chi connectivity index (χ0n) is 8.18. The zero-order chi connectivity index (χ0) is 12.1. The molecule has 0 aliphatic rings. The maximum atomic E-state index is 10.7. The minimum absolute atomic E-state index is 0.134. The molecule has 1 rings (SSSR count). The summed E-state index contributed by atoms with van der Waals surface area (Å²) in [6.45, 7) is 0. The SMILES string of the molecule is N#C/C(=C\c1ccc(C(=O)O)cc1)C(N)=O. The van der Waals surface area contributed by atoms with Crippen molar-refractivity contribution in [3.63, 3.8) is 0 Å². The molecule has 0 unspecified atom stereocenters. The fourth-order valence-corrected chi connectivity index (χ4v) is 1.05. The van der Waals surface area contributed by atoms with E-state index >= 15 is 0 Å². The molecular weight excluding hydrogens is 208 g/mol. The number of primary amides is 1. The number of amides is 1. The van der Waals surface area contributed by atoms with Crippen molar-refractivity contribution in [1.82, 2.24) is 0 Å². The van der Waals surface area contributed by atoms with Crippen molar-refractivity contribution < 1.29 is 14.7 Å². The molecule has 0 aliphatic carbocycles. The summed E-state index contributed by atoms with van der Waals surface area (Å²) < 4.78 is 0. The Kier molecular flexibility index (Phi) is 3.41. The van der Waals surface area contributed by atoms with Crippen molar-refractivity contribution in [1.29, 1.82) is 5.26 Å². The molecular formula is C11H8N2O3. The number of carboxylic acid groups (broad SMARTS) is 1. The Labute approximate surface area is 91.4 Å². The van der Waals surface area contributed by atoms with Crippen molar-refractivity contribution in [3.8, 4) is 6.07 Å². The van der Waals surface area contributed by atoms with Crippen molar-refractivity contribution in [2.45, 2.75) is 0 Å². The van der Waals surface area contributed by atoms with Crippen LogP contribution in [-0.4, -0.2) is 17.0 Å². The Morgan fingerprint density at radius 2 is 1.88 bits per heavy atom. The smallest absolute Gasteiger partial charge is 0.335 e. The molecule has 1 amide bonds. The lowest BCUT2D eigenvalue weighted by Gasteiger charge is -1.96. The number of hydrogen-bond acceptors (Lipinski definition) is 3. The third-order valence-electron chi connectivity index (χ3n) is 1.85. The second kappa shape index (κ2) is 4.75. The van der Waals surface area contributed by atoms with Gasteiger partial charge in [0.15, 0.2) is 0 Å². The summed E-state index contributed by atoms with van der Waals surface area (Å²) in [7, 11) is 0. The van der Waals surface area contributed by atoms with E-state index in [9.17, 15) is 9.59 Å². The van der Waals surface area contributed by atoms with Gasteiger partial charge in [-0.3, -0.25) is 4.79 Å². The molecule has 1 aromatic rings. The molecule has 16 heavy (non-hydrogen) atoms. The van der Waals surface area contributed by atoms with Crippen molar-refractivity contribution >= 4 is 18.0 Å². The number of nitrogens with two attached hydrogens (primary N) is 1. The monoisotopic (exact) mass is 216 g/mol. The lowest BCUT2D eigenvalue weighted by molar-refractivity contribution is -0.114. The van der Waals surface area contributed by atoms with Gasteiger partial charge in [-0.05, 0) is 23.8 Å². The summed E-state index contributed by atoms with van der Waals surface area (Å²) in [6.07, 6.45) is 1.30. The number of hydrogen-bond donors (Lipinski definition) is 2. The molecule has 1 aromatic carbocycles. The third kappa shape index (κ3) is 2.69. The van der Waals surface area contributed by atoms with Crippen LogP contribution in [0.2, 0.25) is 0 Å². The Morgan fingerprint density at radius 3 is 2.25 bits per heavy atom. The van der Waals surface area contributed by atoms with Gasteiger partial charge < -0.3 is 10.8 Å². The van der Waals surface area contributed by atoms with Crippen LogP contribution in [0.5, 0.6) is 0 Å². The summed E-state index contributed by atoms with van der Waals surface area (Å²) in [5.41, 5.74) is 5.45. The van der Waals surface area contributed by atoms with Crippen LogP contribution < -0.4 is 5.73 Å². The van der Waals surface area contributed by atoms with E-state index in [0.29, 0.717) is 5.56 Å². The molecule has 0 saturated carbocycles. The van der Waals surface area contributed by atoms with E-state index in [-0.39, 0.29) is 11.1 Å². The highest BCUT2D eigenvalue weighted by Gasteiger charge is 2.04. The average Bonchev–Trinajstić information content (AvgIpc) is 2.26. The Hall–Kier alpha value is -2.61. The van der Waals surface area contributed by atoms with Crippen LogP contribution >= 0.6 is 0 Å². The largest absolute Gasteiger partial charge is 0.478 e. The van der Waals surface area contributed by atoms with Gasteiger partial charge in [0.05, 0.1) is 5.56 Å². The van der Waals surface area contributed by atoms with Gasteiger partial charge in [0.25, 0.3) is 5.91 Å². The highest BCUT2D eigenvalue weighted by Crippen LogP contribution is 2.08. The molecule has 0 radical (unpaired) electrons. The van der Waals surface area contributed by atoms with Crippen LogP contribution in [0, 0.1) is 11.3 Å². The average molecular weight is 216 g/mol. The standard InChI is InChI=1S/C11H8N2O3/c12-6-9(10(13)14)5-7-1-3-8(4-2-7)11(15)16/h1-5H,(H2,13,14)(H,15,16)/b9-5+. The number of aromatic carboxylic acids is 1. The van der Waals surface area contributed by atoms with Gasteiger partial charge in [0.2, 0.25) is 0 Å². The lowest BCUT2D eigenvalue weighted by atomic mass is 10.1. The third-order valence-corrected chi connectivity index (χ3v) is 1.85. The molecule has 0 heterocycles. The van der Waals surface area contributed by atoms with Crippen molar-refractivity contribution in [2.24, 2.45) is 5.73 Å². The first-order chi connectivity index (χ1) is 7.54. The Balaban J connectivity index is 3.04. The highest BCUT2D eigenvalue weighted by atomic mass is 16.4. The highest BCUT2D eigenvalue weighted by molar-refractivity contribution is 6.00. The second-order valence-corrected chi connectivity index (χ2v) is 2.96. The Morgan fingerprint density at radius 1 is 1.31 bits per heavy atom. The minimum atomic E-state index is -1.04. The minimum Gasteiger partial charge on any atom is -0.478 e. The lowest BCUT2D eigenvalue weighted by Crippen LogP contribution is -2.12. The molecule has 80 valence electrons. The van der Waals surface area contributed by atoms with Gasteiger partial charge in [0, 0.05) is 0 Å². The van der Waals surface area contributed by atoms with Gasteiger partial charge in [-0.2, -0.15) is 5.26 Å². The molecule has 0 spiro atoms. The normalized spacial score (nSPS) is 10.6. The maximum Gasteiger partial charge on any atom is 0.335 e. The Bertz CT molecular complexity index is 495. The number of nitrogens with zero attached hydrogens (tertiary/aromatic N) is 1. The van der Waals surface area contributed by atoms with E-state index < -0.39 is 11.9 Å². The van der Waals surface area contributed by atoms with Crippen LogP contribution in [0.25, 0.3) is 6.08 Å². The first-order valence-corrected chi connectivity index (χ1v) is 4.29. The number of rotatable bonds is 3. The van der Waals surface area contributed by atoms with Crippen molar-refractivity contribution in [3.05, 3.63) is 41.0 Å². The summed E-state index contributed by atoms with van der Waals surface area (Å²) in [4.78, 5) is 21.3. The van der Waals surface area contributed by atoms with Gasteiger partial charge >= 0.3 is 5.97 Å². The summed E-state index contributed by atoms with van der Waals surface area (Å²) >= 11 is 0. The van der Waals surface area contributed by atoms with Crippen LogP contribution in [0.15, 0.2) is 29.8 Å². The van der Waals surface area contributed by atoms with E-state index in [4.69, 9.17) is 16.1 Å². The molecule has 0 atom stereocenters. The molecule has 3 N–H and O–H groups in total. The quantitative estimate of drug-likeness (QED) is 0.575. The first kappa shape index (κ1) is 11.5. The zero-order valence-corrected chi connectivity index (χ0v) is 8.18. The van der Waals surface area contributed by atoms with Gasteiger partial charge in [-0.15, -0.1) is 0 Å². The number of carbonyl (C=O) groups excluding carboxylic acids is 1. The molecule has 0 aromatic heterocycles. The summed E-state index contributed by atoms with van der Waals surface area (Å²) in [6, 6.07) is 7.40. The summed E-state index contributed by atoms with van der Waals surface area (Å²) in [5, 5.41) is 17.2. The van der Waals surface area contributed by atoms with Gasteiger partial charge in [-0.25, -0.2) is 4.79 Å². The van der Waals surface area contributed by atoms with Crippen LogP contribution in [-0.2, 0) is 4.79 Å². The number of carbonyl (C=O) groups is 2. The number of carboxylic acids is 1. The maximum absolute atomic E-state index is 10.7. The van der Waals surface area contributed by atoms with Crippen LogP contribution in [0.1, 0.15) is 15.9 Å². The number of nitriles is 1. The van der Waals surface area contributed by atoms with E-state index in [0.717, 1.165) is 0 Å². The second-order valence-electron chi connectivity index (χ2n) is 2.96. The molecule has 0 fully saturated rings. The van der Waals surface area contributed by atoms with Crippen LogP contribution in [0.4, 0.5) is 0 Å². The summed E-state index contributed by atoms with van der Waals surface area (Å²) in [5.74, 6) is -1.85. The fourth-order valence-electron chi connectivity index (χ4n) is 1.05. The molecule has 5 nitrogen and oxygen atoms in total. The topological polar surface area (TPSA) is 104 Å². The van der Waals surface area contributed by atoms with E-state index in [2.05, 4.69) is 0 Å². The predicted molar refractivity (Wildman–Crippen MR) is 56.2 cm³/mol. The van der Waals surface area contributed by atoms with E-state index in [1.54, 1.807) is 6.07 Å². The van der Waals surface area contributed by atoms with Gasteiger partial charge in [-0.1, -0.05) is 12.1 Å². The van der Waals surface area contributed by atoms with E-state index in [1.165, 1.54) is 30.3 Å². The van der Waals surface area contributed by atoms with Crippen molar-refractivity contribution in [2.75, 3.05) is 0 Å². The fraction of sp³-hybridized carbons (Fsp3) is 0. The molecule has 0 bridgehead atoms. The van der Waals surface area contributed by atoms with Gasteiger partial charge in [0.1, 0.15) is 11.6 Å².